The molecule has 0 spiro atoms. The molecule has 1 aromatic heterocycles. The fraction of sp³-hybridized carbons (Fsp3) is 0.0769. The van der Waals surface area contributed by atoms with E-state index in [0.717, 1.165) is 0 Å². The van der Waals surface area contributed by atoms with Crippen LogP contribution in [0.4, 0.5) is 0 Å². The maximum absolute atomic E-state index is 12.3. The lowest BCUT2D eigenvalue weighted by atomic mass is 9.91. The van der Waals surface area contributed by atoms with Crippen molar-refractivity contribution in [3.8, 4) is 6.07 Å². The van der Waals surface area contributed by atoms with Gasteiger partial charge in [-0.2, -0.15) is 5.26 Å². The van der Waals surface area contributed by atoms with Crippen molar-refractivity contribution in [1.82, 2.24) is 9.97 Å². The molecular formula is C13H8BN3O3. The van der Waals surface area contributed by atoms with Crippen molar-refractivity contribution < 1.29 is 4.79 Å². The monoisotopic (exact) mass is 265 g/mol. The predicted molar refractivity (Wildman–Crippen MR) is 72.4 cm³/mol. The molecule has 0 unspecified atom stereocenters. The van der Waals surface area contributed by atoms with Crippen LogP contribution in [0.2, 0.25) is 0 Å². The summed E-state index contributed by atoms with van der Waals surface area (Å²) in [7, 11) is 5.50. The minimum Gasteiger partial charge on any atom is -0.304 e. The second-order valence-electron chi connectivity index (χ2n) is 4.23. The second kappa shape index (κ2) is 5.01. The maximum Gasteiger partial charge on any atom is 0.326 e. The topological polar surface area (TPSA) is 107 Å². The Hall–Kier alpha value is -2.88. The Labute approximate surface area is 114 Å². The number of hydrogen-bond donors (Lipinski definition) is 2. The van der Waals surface area contributed by atoms with Gasteiger partial charge in [0.05, 0.1) is 17.3 Å². The van der Waals surface area contributed by atoms with E-state index in [-0.39, 0.29) is 16.7 Å². The van der Waals surface area contributed by atoms with E-state index < -0.39 is 17.0 Å². The minimum atomic E-state index is -0.828. The minimum absolute atomic E-state index is 0.175. The SMILES string of the molecule is [B]c1c(C(=O)c2cc(C)cc(C#N)c2)[nH]c(=O)[nH]c1=O. The van der Waals surface area contributed by atoms with Crippen molar-refractivity contribution in [1.29, 1.82) is 5.26 Å². The molecule has 0 saturated carbocycles. The lowest BCUT2D eigenvalue weighted by Gasteiger charge is -2.05. The molecule has 0 fully saturated rings. The van der Waals surface area contributed by atoms with Crippen LogP contribution in [0.25, 0.3) is 0 Å². The third-order valence-corrected chi connectivity index (χ3v) is 2.68. The Morgan fingerprint density at radius 3 is 2.60 bits per heavy atom. The first-order chi connectivity index (χ1) is 9.42. The number of aryl methyl sites for hydroxylation is 1. The van der Waals surface area contributed by atoms with Gasteiger partial charge < -0.3 is 4.98 Å². The van der Waals surface area contributed by atoms with Crippen LogP contribution >= 0.6 is 0 Å². The van der Waals surface area contributed by atoms with E-state index in [1.54, 1.807) is 19.1 Å². The molecule has 0 atom stereocenters. The van der Waals surface area contributed by atoms with Crippen LogP contribution in [0.5, 0.6) is 0 Å². The highest BCUT2D eigenvalue weighted by Crippen LogP contribution is 2.11. The molecule has 0 aliphatic rings. The standard InChI is InChI=1S/C13H8BN3O3/c1-6-2-7(5-15)4-8(3-6)11(18)10-9(14)12(19)17-13(20)16-10/h2-4H,1H3,(H2,16,17,19,20). The lowest BCUT2D eigenvalue weighted by molar-refractivity contribution is 0.103. The van der Waals surface area contributed by atoms with Gasteiger partial charge in [0.15, 0.2) is 0 Å². The molecule has 96 valence electrons. The van der Waals surface area contributed by atoms with E-state index in [1.165, 1.54) is 6.07 Å². The van der Waals surface area contributed by atoms with Crippen LogP contribution in [-0.4, -0.2) is 23.6 Å². The van der Waals surface area contributed by atoms with E-state index in [1.807, 2.05) is 11.1 Å². The van der Waals surface area contributed by atoms with E-state index in [4.69, 9.17) is 13.1 Å². The molecule has 7 heteroatoms. The van der Waals surface area contributed by atoms with Crippen molar-refractivity contribution >= 4 is 19.1 Å². The van der Waals surface area contributed by atoms with Crippen LogP contribution < -0.4 is 16.7 Å². The zero-order valence-corrected chi connectivity index (χ0v) is 10.5. The summed E-state index contributed by atoms with van der Waals surface area (Å²) in [5.41, 5.74) is -1.11. The summed E-state index contributed by atoms with van der Waals surface area (Å²) in [6, 6.07) is 6.45. The van der Waals surface area contributed by atoms with Crippen molar-refractivity contribution in [2.45, 2.75) is 6.92 Å². The molecule has 0 aliphatic carbocycles. The molecule has 0 amide bonds. The van der Waals surface area contributed by atoms with Crippen LogP contribution in [0, 0.1) is 18.3 Å². The number of nitrogens with one attached hydrogen (secondary N) is 2. The summed E-state index contributed by atoms with van der Waals surface area (Å²) in [4.78, 5) is 39.0. The molecule has 2 aromatic rings. The quantitative estimate of drug-likeness (QED) is 0.551. The largest absolute Gasteiger partial charge is 0.326 e. The van der Waals surface area contributed by atoms with Gasteiger partial charge >= 0.3 is 5.69 Å². The molecule has 1 aromatic carbocycles. The summed E-state index contributed by atoms with van der Waals surface area (Å²) in [5, 5.41) is 8.88. The molecule has 0 bridgehead atoms. The van der Waals surface area contributed by atoms with Gasteiger partial charge in [0.25, 0.3) is 0 Å². The number of nitriles is 1. The number of nitrogens with zero attached hydrogens (tertiary/aromatic N) is 1. The van der Waals surface area contributed by atoms with Crippen molar-refractivity contribution in [3.05, 3.63) is 61.4 Å². The van der Waals surface area contributed by atoms with Crippen molar-refractivity contribution in [3.63, 3.8) is 0 Å². The molecule has 0 aliphatic heterocycles. The van der Waals surface area contributed by atoms with Crippen LogP contribution in [0.15, 0.2) is 27.8 Å². The number of ketones is 1. The molecule has 0 saturated heterocycles. The first-order valence-corrected chi connectivity index (χ1v) is 5.61. The Morgan fingerprint density at radius 2 is 1.95 bits per heavy atom. The number of aromatic nitrogens is 2. The first kappa shape index (κ1) is 13.6. The summed E-state index contributed by atoms with van der Waals surface area (Å²) in [6.45, 7) is 1.72. The maximum atomic E-state index is 12.3. The van der Waals surface area contributed by atoms with Crippen molar-refractivity contribution in [2.75, 3.05) is 0 Å². The predicted octanol–water partition coefficient (Wildman–Crippen LogP) is -0.732. The average molecular weight is 265 g/mol. The summed E-state index contributed by atoms with van der Waals surface area (Å²) in [5.74, 6) is -0.620. The fourth-order valence-electron chi connectivity index (χ4n) is 1.80. The van der Waals surface area contributed by atoms with Crippen LogP contribution in [0.3, 0.4) is 0 Å². The third kappa shape index (κ3) is 2.45. The highest BCUT2D eigenvalue weighted by Gasteiger charge is 2.16. The van der Waals surface area contributed by atoms with Crippen molar-refractivity contribution in [2.24, 2.45) is 0 Å². The summed E-state index contributed by atoms with van der Waals surface area (Å²) in [6.07, 6.45) is 0. The molecule has 2 N–H and O–H groups in total. The summed E-state index contributed by atoms with van der Waals surface area (Å²) >= 11 is 0. The Kier molecular flexibility index (Phi) is 3.40. The van der Waals surface area contributed by atoms with Gasteiger partial charge in [0.1, 0.15) is 7.85 Å². The van der Waals surface area contributed by atoms with Crippen LogP contribution in [-0.2, 0) is 0 Å². The lowest BCUT2D eigenvalue weighted by Crippen LogP contribution is -2.40. The van der Waals surface area contributed by atoms with Crippen LogP contribution in [0.1, 0.15) is 27.2 Å². The first-order valence-electron chi connectivity index (χ1n) is 5.61. The fourth-order valence-corrected chi connectivity index (χ4v) is 1.80. The number of carbonyl (C=O) groups is 1. The van der Waals surface area contributed by atoms with Gasteiger partial charge in [0.2, 0.25) is 11.3 Å². The molecule has 2 radical (unpaired) electrons. The second-order valence-corrected chi connectivity index (χ2v) is 4.23. The van der Waals surface area contributed by atoms with Gasteiger partial charge in [-0.1, -0.05) is 0 Å². The number of hydrogen-bond acceptors (Lipinski definition) is 4. The third-order valence-electron chi connectivity index (χ3n) is 2.68. The Balaban J connectivity index is 2.64. The Morgan fingerprint density at radius 1 is 1.25 bits per heavy atom. The number of H-pyrrole nitrogens is 2. The van der Waals surface area contributed by atoms with Gasteiger partial charge in [0, 0.05) is 5.56 Å². The molecule has 20 heavy (non-hydrogen) atoms. The number of rotatable bonds is 2. The Bertz CT molecular complexity index is 858. The zero-order valence-electron chi connectivity index (χ0n) is 10.5. The van der Waals surface area contributed by atoms with E-state index in [2.05, 4.69) is 4.98 Å². The molecule has 2 rings (SSSR count). The number of aromatic amines is 2. The highest BCUT2D eigenvalue weighted by molar-refractivity contribution is 6.36. The highest BCUT2D eigenvalue weighted by atomic mass is 16.2. The van der Waals surface area contributed by atoms with E-state index in [9.17, 15) is 14.4 Å². The summed E-state index contributed by atoms with van der Waals surface area (Å²) < 4.78 is 0. The van der Waals surface area contributed by atoms with Gasteiger partial charge in [-0.25, -0.2) is 4.79 Å². The van der Waals surface area contributed by atoms with E-state index in [0.29, 0.717) is 11.1 Å². The average Bonchev–Trinajstić information content (AvgIpc) is 2.41. The number of carbonyl (C=O) groups excluding carboxylic acids is 1. The molecular weight excluding hydrogens is 257 g/mol. The molecule has 6 nitrogen and oxygen atoms in total. The van der Waals surface area contributed by atoms with Gasteiger partial charge in [-0.3, -0.25) is 14.6 Å². The smallest absolute Gasteiger partial charge is 0.304 e. The zero-order chi connectivity index (χ0) is 14.9. The van der Waals surface area contributed by atoms with Gasteiger partial charge in [-0.15, -0.1) is 0 Å². The normalized spacial score (nSPS) is 10.0. The van der Waals surface area contributed by atoms with E-state index >= 15 is 0 Å². The van der Waals surface area contributed by atoms with Gasteiger partial charge in [-0.05, 0) is 36.1 Å². The number of benzene rings is 1. The molecule has 1 heterocycles.